The number of rotatable bonds is 17. The number of quaternary nitrogens is 1. The predicted octanol–water partition coefficient (Wildman–Crippen LogP) is 10.9. The van der Waals surface area contributed by atoms with Crippen molar-refractivity contribution in [3.05, 3.63) is 0 Å². The van der Waals surface area contributed by atoms with Gasteiger partial charge in [-0.2, -0.15) is 79.0 Å². The number of alkyl halides is 18. The van der Waals surface area contributed by atoms with Crippen LogP contribution in [0.3, 0.4) is 0 Å². The first-order valence-electron chi connectivity index (χ1n) is 13.2. The molecular formula is C24H36F18N+. The van der Waals surface area contributed by atoms with Crippen LogP contribution in [0.5, 0.6) is 0 Å². The molecule has 0 aliphatic carbocycles. The Morgan fingerprint density at radius 3 is 0.605 bits per heavy atom. The lowest BCUT2D eigenvalue weighted by Gasteiger charge is -2.41. The number of halogens is 18. The molecule has 0 amide bonds. The van der Waals surface area contributed by atoms with Crippen molar-refractivity contribution in [2.45, 2.75) is 127 Å². The van der Waals surface area contributed by atoms with Gasteiger partial charge in [0.25, 0.3) is 0 Å². The van der Waals surface area contributed by atoms with Gasteiger partial charge in [0.05, 0.1) is 26.2 Å². The van der Waals surface area contributed by atoms with Crippen LogP contribution in [0.25, 0.3) is 0 Å². The molecule has 0 N–H and O–H groups in total. The van der Waals surface area contributed by atoms with Crippen molar-refractivity contribution in [3.8, 4) is 0 Å². The average molecular weight is 681 g/mol. The normalized spacial score (nSPS) is 14.9. The molecule has 0 fully saturated rings. The quantitative estimate of drug-likeness (QED) is 0.106. The van der Waals surface area contributed by atoms with E-state index in [1.165, 1.54) is 82.0 Å². The molecule has 0 spiro atoms. The predicted molar refractivity (Wildman–Crippen MR) is 121 cm³/mol. The van der Waals surface area contributed by atoms with E-state index in [4.69, 9.17) is 0 Å². The third-order valence-electron chi connectivity index (χ3n) is 6.63. The molecular weight excluding hydrogens is 644 g/mol. The smallest absolute Gasteiger partial charge is 0.324 e. The summed E-state index contributed by atoms with van der Waals surface area (Å²) in [6.07, 6.45) is -4.55. The molecule has 0 aromatic carbocycles. The first-order valence-corrected chi connectivity index (χ1v) is 13.2. The minimum atomic E-state index is -8.72. The highest BCUT2D eigenvalue weighted by Gasteiger charge is 2.95. The van der Waals surface area contributed by atoms with Crippen molar-refractivity contribution in [2.75, 3.05) is 26.2 Å². The summed E-state index contributed by atoms with van der Waals surface area (Å²) in [6.45, 7) is 15.0. The summed E-state index contributed by atoms with van der Waals surface area (Å²) in [5.41, 5.74) is 0. The Morgan fingerprint density at radius 2 is 0.465 bits per heavy atom. The van der Waals surface area contributed by atoms with E-state index in [-0.39, 0.29) is 0 Å². The van der Waals surface area contributed by atoms with E-state index in [9.17, 15) is 79.0 Å². The maximum absolute atomic E-state index is 12.8. The molecule has 0 saturated carbocycles. The molecule has 0 atom stereocenters. The summed E-state index contributed by atoms with van der Waals surface area (Å²) in [6, 6.07) is 0. The second kappa shape index (κ2) is 15.3. The lowest BCUT2D eigenvalue weighted by Crippen LogP contribution is -2.74. The Labute approximate surface area is 237 Å². The first kappa shape index (κ1) is 43.8. The van der Waals surface area contributed by atoms with Crippen molar-refractivity contribution in [2.24, 2.45) is 0 Å². The lowest BCUT2D eigenvalue weighted by atomic mass is 9.91. The monoisotopic (exact) mass is 680 g/mol. The van der Waals surface area contributed by atoms with Gasteiger partial charge in [0.1, 0.15) is 0 Å². The van der Waals surface area contributed by atoms with E-state index >= 15 is 0 Å². The fourth-order valence-corrected chi connectivity index (χ4v) is 3.79. The van der Waals surface area contributed by atoms with Gasteiger partial charge in [-0.15, -0.1) is 0 Å². The standard InChI is InChI=1S/C16H36N.C8F18/c1-5-9-13-17(14-10-6-2,15-11-7-3)16-12-8-4;9-1(10,3(13,14)5(17,18)7(21,22)23)2(11,12)4(15,16)6(19,20)8(24,25)26/h5-16H2,1-4H3;/q+1;. The van der Waals surface area contributed by atoms with Crippen molar-refractivity contribution < 1.29 is 83.5 Å². The second-order valence-corrected chi connectivity index (χ2v) is 10.1. The molecule has 0 saturated heterocycles. The van der Waals surface area contributed by atoms with Crippen LogP contribution in [0, 0.1) is 0 Å². The molecule has 0 rings (SSSR count). The maximum Gasteiger partial charge on any atom is 0.460 e. The van der Waals surface area contributed by atoms with E-state index in [0.29, 0.717) is 0 Å². The van der Waals surface area contributed by atoms with Crippen molar-refractivity contribution in [3.63, 3.8) is 0 Å². The molecule has 262 valence electrons. The summed E-state index contributed by atoms with van der Waals surface area (Å²) in [5.74, 6) is -51.0. The van der Waals surface area contributed by atoms with Gasteiger partial charge >= 0.3 is 47.9 Å². The zero-order valence-electron chi connectivity index (χ0n) is 23.7. The third kappa shape index (κ3) is 9.13. The molecule has 0 bridgehead atoms. The number of nitrogens with zero attached hydrogens (tertiary/aromatic N) is 1. The van der Waals surface area contributed by atoms with Gasteiger partial charge in [0.15, 0.2) is 0 Å². The molecule has 0 heterocycles. The molecule has 0 aromatic rings. The average Bonchev–Trinajstić information content (AvgIpc) is 2.86. The van der Waals surface area contributed by atoms with E-state index < -0.39 is 47.9 Å². The minimum Gasteiger partial charge on any atom is -0.324 e. The molecule has 0 aliphatic rings. The highest BCUT2D eigenvalue weighted by molar-refractivity contribution is 5.14. The van der Waals surface area contributed by atoms with Gasteiger partial charge in [-0.05, 0) is 25.7 Å². The Kier molecular flexibility index (Phi) is 15.6. The Hall–Kier alpha value is -1.30. The fourth-order valence-electron chi connectivity index (χ4n) is 3.79. The van der Waals surface area contributed by atoms with E-state index in [2.05, 4.69) is 27.7 Å². The SMILES string of the molecule is CCCC[N+](CCCC)(CCCC)CCCC.FC(F)(F)C(F)(F)C(F)(F)C(F)(F)C(F)(F)C(F)(F)C(F)(F)C(F)(F)F. The second-order valence-electron chi connectivity index (χ2n) is 10.1. The summed E-state index contributed by atoms with van der Waals surface area (Å²) >= 11 is 0. The number of hydrogen-bond donors (Lipinski definition) is 0. The van der Waals surface area contributed by atoms with Gasteiger partial charge in [-0.25, -0.2) is 0 Å². The van der Waals surface area contributed by atoms with Gasteiger partial charge < -0.3 is 4.48 Å². The summed E-state index contributed by atoms with van der Waals surface area (Å²) < 4.78 is 222. The minimum absolute atomic E-state index is 1.35. The highest BCUT2D eigenvalue weighted by atomic mass is 19.4. The van der Waals surface area contributed by atoms with Gasteiger partial charge in [-0.3, -0.25) is 0 Å². The van der Waals surface area contributed by atoms with Crippen molar-refractivity contribution >= 4 is 0 Å². The Balaban J connectivity index is 0. The zero-order valence-corrected chi connectivity index (χ0v) is 23.7. The van der Waals surface area contributed by atoms with Crippen LogP contribution in [-0.2, 0) is 0 Å². The van der Waals surface area contributed by atoms with E-state index in [0.717, 1.165) is 0 Å². The third-order valence-corrected chi connectivity index (χ3v) is 6.63. The zero-order chi connectivity index (χ0) is 35.0. The van der Waals surface area contributed by atoms with Crippen LogP contribution in [0.1, 0.15) is 79.1 Å². The van der Waals surface area contributed by atoms with Crippen LogP contribution in [0.15, 0.2) is 0 Å². The lowest BCUT2D eigenvalue weighted by molar-refractivity contribution is -0.929. The molecule has 43 heavy (non-hydrogen) atoms. The van der Waals surface area contributed by atoms with Gasteiger partial charge in [0, 0.05) is 0 Å². The van der Waals surface area contributed by atoms with Crippen LogP contribution >= 0.6 is 0 Å². The Bertz CT molecular complexity index is 716. The van der Waals surface area contributed by atoms with Crippen LogP contribution in [-0.4, -0.2) is 78.5 Å². The maximum atomic E-state index is 12.8. The molecule has 0 aliphatic heterocycles. The highest BCUT2D eigenvalue weighted by Crippen LogP contribution is 2.64. The first-order chi connectivity index (χ1) is 19.0. The number of unbranched alkanes of at least 4 members (excludes halogenated alkanes) is 4. The molecule has 1 nitrogen and oxygen atoms in total. The largest absolute Gasteiger partial charge is 0.460 e. The molecule has 0 unspecified atom stereocenters. The fraction of sp³-hybridized carbons (Fsp3) is 1.00. The summed E-state index contributed by atoms with van der Waals surface area (Å²) in [4.78, 5) is 0. The van der Waals surface area contributed by atoms with Gasteiger partial charge in [-0.1, -0.05) is 53.4 Å². The molecule has 19 heteroatoms. The molecule has 0 radical (unpaired) electrons. The summed E-state index contributed by atoms with van der Waals surface area (Å²) in [7, 11) is 0. The van der Waals surface area contributed by atoms with Crippen LogP contribution in [0.2, 0.25) is 0 Å². The van der Waals surface area contributed by atoms with Crippen LogP contribution in [0.4, 0.5) is 79.0 Å². The topological polar surface area (TPSA) is 0 Å². The van der Waals surface area contributed by atoms with Crippen LogP contribution < -0.4 is 0 Å². The van der Waals surface area contributed by atoms with Crippen molar-refractivity contribution in [1.82, 2.24) is 0 Å². The van der Waals surface area contributed by atoms with E-state index in [1.807, 2.05) is 0 Å². The van der Waals surface area contributed by atoms with E-state index in [1.54, 1.807) is 0 Å². The molecule has 0 aromatic heterocycles. The Morgan fingerprint density at radius 1 is 0.302 bits per heavy atom. The number of hydrogen-bond acceptors (Lipinski definition) is 0. The van der Waals surface area contributed by atoms with Gasteiger partial charge in [0.2, 0.25) is 0 Å². The van der Waals surface area contributed by atoms with Crippen molar-refractivity contribution in [1.29, 1.82) is 0 Å². The summed E-state index contributed by atoms with van der Waals surface area (Å²) in [5, 5.41) is 0.